The molecule has 0 saturated carbocycles. The summed E-state index contributed by atoms with van der Waals surface area (Å²) in [5.74, 6) is 0.471. The first-order valence-electron chi connectivity index (χ1n) is 11.5. The summed E-state index contributed by atoms with van der Waals surface area (Å²) in [5, 5.41) is 1.10. The Hall–Kier alpha value is -3.80. The van der Waals surface area contributed by atoms with Crippen molar-refractivity contribution >= 4 is 51.9 Å². The lowest BCUT2D eigenvalue weighted by Crippen LogP contribution is -2.28. The number of aliphatic imine (C=N–C) groups is 1. The lowest BCUT2D eigenvalue weighted by atomic mass is 10.1. The topological polar surface area (TPSA) is 41.9 Å². The van der Waals surface area contributed by atoms with E-state index in [0.717, 1.165) is 22.5 Å². The molecule has 36 heavy (non-hydrogen) atoms. The number of anilines is 1. The van der Waals surface area contributed by atoms with E-state index in [1.807, 2.05) is 97.1 Å². The molecule has 0 N–H and O–H groups in total. The van der Waals surface area contributed by atoms with Crippen LogP contribution in [0.5, 0.6) is 5.75 Å². The van der Waals surface area contributed by atoms with Crippen LogP contribution in [-0.4, -0.2) is 11.1 Å². The molecule has 1 saturated heterocycles. The normalized spacial score (nSPS) is 15.6. The highest BCUT2D eigenvalue weighted by Gasteiger charge is 2.34. The Morgan fingerprint density at radius 1 is 0.917 bits per heavy atom. The molecule has 0 spiro atoms. The minimum Gasteiger partial charge on any atom is -0.487 e. The van der Waals surface area contributed by atoms with Crippen molar-refractivity contribution in [2.75, 3.05) is 4.90 Å². The van der Waals surface area contributed by atoms with Gasteiger partial charge < -0.3 is 4.74 Å². The lowest BCUT2D eigenvalue weighted by Gasteiger charge is -2.15. The molecule has 4 aromatic rings. The van der Waals surface area contributed by atoms with Crippen LogP contribution in [0.15, 0.2) is 113 Å². The molecule has 1 amide bonds. The number of benzene rings is 4. The molecule has 6 heteroatoms. The average Bonchev–Trinajstić information content (AvgIpc) is 3.19. The van der Waals surface area contributed by atoms with Gasteiger partial charge in [-0.2, -0.15) is 0 Å². The summed E-state index contributed by atoms with van der Waals surface area (Å²) in [6, 6.07) is 32.9. The van der Waals surface area contributed by atoms with Gasteiger partial charge in [-0.15, -0.1) is 0 Å². The number of thioether (sulfide) groups is 1. The maximum Gasteiger partial charge on any atom is 0.271 e. The number of ether oxygens (including phenoxy) is 1. The van der Waals surface area contributed by atoms with E-state index in [2.05, 4.69) is 19.1 Å². The molecule has 1 aliphatic rings. The zero-order valence-corrected chi connectivity index (χ0v) is 21.2. The predicted octanol–water partition coefficient (Wildman–Crippen LogP) is 8.04. The van der Waals surface area contributed by atoms with Crippen molar-refractivity contribution in [3.8, 4) is 5.75 Å². The van der Waals surface area contributed by atoms with Crippen LogP contribution in [0.25, 0.3) is 6.08 Å². The molecule has 4 aromatic carbocycles. The van der Waals surface area contributed by atoms with Gasteiger partial charge in [0.05, 0.1) is 21.3 Å². The van der Waals surface area contributed by atoms with Crippen LogP contribution in [0, 0.1) is 6.92 Å². The quantitative estimate of drug-likeness (QED) is 0.246. The summed E-state index contributed by atoms with van der Waals surface area (Å²) in [4.78, 5) is 20.4. The SMILES string of the molecule is Cc1ccc(COc2ccc(/C=C3/SC(=Nc4ccccc4)N(c4ccccc4)C3=O)cc2Cl)cc1. The van der Waals surface area contributed by atoms with E-state index in [1.165, 1.54) is 17.3 Å². The molecule has 5 rings (SSSR count). The van der Waals surface area contributed by atoms with Crippen LogP contribution >= 0.6 is 23.4 Å². The van der Waals surface area contributed by atoms with E-state index in [-0.39, 0.29) is 5.91 Å². The van der Waals surface area contributed by atoms with Crippen LogP contribution in [0.2, 0.25) is 5.02 Å². The average molecular weight is 511 g/mol. The molecule has 178 valence electrons. The fourth-order valence-electron chi connectivity index (χ4n) is 3.69. The molecule has 0 bridgehead atoms. The van der Waals surface area contributed by atoms with E-state index in [9.17, 15) is 4.79 Å². The second-order valence-corrected chi connectivity index (χ2v) is 9.70. The Labute approximate surface area is 219 Å². The van der Waals surface area contributed by atoms with E-state index in [4.69, 9.17) is 21.3 Å². The Morgan fingerprint density at radius 2 is 1.61 bits per heavy atom. The maximum atomic E-state index is 13.4. The van der Waals surface area contributed by atoms with Gasteiger partial charge in [0, 0.05) is 0 Å². The Bertz CT molecular complexity index is 1440. The Kier molecular flexibility index (Phi) is 7.21. The summed E-state index contributed by atoms with van der Waals surface area (Å²) < 4.78 is 5.92. The third-order valence-corrected chi connectivity index (χ3v) is 6.83. The van der Waals surface area contributed by atoms with Gasteiger partial charge in [0.15, 0.2) is 5.17 Å². The van der Waals surface area contributed by atoms with E-state index < -0.39 is 0 Å². The highest BCUT2D eigenvalue weighted by Crippen LogP contribution is 2.38. The van der Waals surface area contributed by atoms with Gasteiger partial charge in [0.25, 0.3) is 5.91 Å². The van der Waals surface area contributed by atoms with Crippen molar-refractivity contribution in [2.45, 2.75) is 13.5 Å². The lowest BCUT2D eigenvalue weighted by molar-refractivity contribution is -0.113. The van der Waals surface area contributed by atoms with Crippen LogP contribution in [0.1, 0.15) is 16.7 Å². The number of amides is 1. The summed E-state index contributed by atoms with van der Waals surface area (Å²) >= 11 is 7.87. The van der Waals surface area contributed by atoms with Gasteiger partial charge in [0.1, 0.15) is 12.4 Å². The number of hydrogen-bond acceptors (Lipinski definition) is 4. The first-order chi connectivity index (χ1) is 17.6. The molecular weight excluding hydrogens is 488 g/mol. The number of carbonyl (C=O) groups excluding carboxylic acids is 1. The molecule has 1 aliphatic heterocycles. The van der Waals surface area contributed by atoms with Gasteiger partial charge in [-0.3, -0.25) is 9.69 Å². The van der Waals surface area contributed by atoms with Gasteiger partial charge >= 0.3 is 0 Å². The number of para-hydroxylation sites is 2. The third kappa shape index (κ3) is 5.54. The van der Waals surface area contributed by atoms with E-state index in [0.29, 0.717) is 27.5 Å². The van der Waals surface area contributed by atoms with Crippen LogP contribution in [0.3, 0.4) is 0 Å². The zero-order valence-electron chi connectivity index (χ0n) is 19.6. The Morgan fingerprint density at radius 3 is 2.31 bits per heavy atom. The second kappa shape index (κ2) is 10.9. The summed E-state index contributed by atoms with van der Waals surface area (Å²) in [6.45, 7) is 2.48. The number of hydrogen-bond donors (Lipinski definition) is 0. The molecule has 1 fully saturated rings. The zero-order chi connectivity index (χ0) is 24.9. The number of halogens is 1. The van der Waals surface area contributed by atoms with E-state index >= 15 is 0 Å². The van der Waals surface area contributed by atoms with Gasteiger partial charge in [-0.05, 0) is 72.3 Å². The largest absolute Gasteiger partial charge is 0.487 e. The smallest absolute Gasteiger partial charge is 0.271 e. The van der Waals surface area contributed by atoms with Gasteiger partial charge in [-0.1, -0.05) is 83.9 Å². The van der Waals surface area contributed by atoms with Crippen LogP contribution in [-0.2, 0) is 11.4 Å². The van der Waals surface area contributed by atoms with Crippen molar-refractivity contribution < 1.29 is 9.53 Å². The van der Waals surface area contributed by atoms with Crippen molar-refractivity contribution in [3.63, 3.8) is 0 Å². The first-order valence-corrected chi connectivity index (χ1v) is 12.7. The minimum atomic E-state index is -0.128. The van der Waals surface area contributed by atoms with Gasteiger partial charge in [0.2, 0.25) is 0 Å². The van der Waals surface area contributed by atoms with Crippen molar-refractivity contribution in [1.29, 1.82) is 0 Å². The summed E-state index contributed by atoms with van der Waals surface area (Å²) in [7, 11) is 0. The molecular formula is C30H23ClN2O2S. The molecule has 0 unspecified atom stereocenters. The minimum absolute atomic E-state index is 0.128. The number of nitrogens with zero attached hydrogens (tertiary/aromatic N) is 2. The Balaban J connectivity index is 1.39. The molecule has 0 aliphatic carbocycles. The van der Waals surface area contributed by atoms with E-state index in [1.54, 1.807) is 4.90 Å². The second-order valence-electron chi connectivity index (χ2n) is 8.28. The number of amidine groups is 1. The molecule has 1 heterocycles. The first kappa shape index (κ1) is 23.9. The fourth-order valence-corrected chi connectivity index (χ4v) is 4.93. The molecule has 0 radical (unpaired) electrons. The molecule has 0 atom stereocenters. The number of aryl methyl sites for hydroxylation is 1. The molecule has 0 aromatic heterocycles. The number of carbonyl (C=O) groups is 1. The monoisotopic (exact) mass is 510 g/mol. The molecule has 4 nitrogen and oxygen atoms in total. The van der Waals surface area contributed by atoms with Crippen molar-refractivity contribution in [2.24, 2.45) is 4.99 Å². The summed E-state index contributed by atoms with van der Waals surface area (Å²) in [6.07, 6.45) is 1.84. The highest BCUT2D eigenvalue weighted by atomic mass is 35.5. The van der Waals surface area contributed by atoms with Crippen LogP contribution < -0.4 is 9.64 Å². The summed E-state index contributed by atoms with van der Waals surface area (Å²) in [5.41, 5.74) is 4.64. The van der Waals surface area contributed by atoms with Gasteiger partial charge in [-0.25, -0.2) is 4.99 Å². The van der Waals surface area contributed by atoms with Crippen molar-refractivity contribution in [3.05, 3.63) is 130 Å². The standard InChI is InChI=1S/C30H23ClN2O2S/c1-21-12-14-22(15-13-21)20-35-27-17-16-23(18-26(27)31)19-28-29(34)33(25-10-6-3-7-11-25)30(36-28)32-24-8-4-2-5-9-24/h2-19H,20H2,1H3/b28-19+,32-30?. The fraction of sp³-hybridized carbons (Fsp3) is 0.0667. The number of rotatable bonds is 6. The van der Waals surface area contributed by atoms with Crippen molar-refractivity contribution in [1.82, 2.24) is 0 Å². The predicted molar refractivity (Wildman–Crippen MR) is 150 cm³/mol. The third-order valence-electron chi connectivity index (χ3n) is 5.57. The highest BCUT2D eigenvalue weighted by molar-refractivity contribution is 8.19. The maximum absolute atomic E-state index is 13.4. The van der Waals surface area contributed by atoms with Crippen LogP contribution in [0.4, 0.5) is 11.4 Å².